The Balaban J connectivity index is 1.69. The molecule has 3 aromatic heterocycles. The summed E-state index contributed by atoms with van der Waals surface area (Å²) >= 11 is 1.56. The first-order chi connectivity index (χ1) is 11.1. The number of rotatable bonds is 7. The molecule has 0 atom stereocenters. The zero-order chi connectivity index (χ0) is 16.3. The van der Waals surface area contributed by atoms with Gasteiger partial charge in [0.2, 0.25) is 10.1 Å². The van der Waals surface area contributed by atoms with E-state index >= 15 is 0 Å². The molecule has 3 aromatic rings. The van der Waals surface area contributed by atoms with Gasteiger partial charge in [0, 0.05) is 38.2 Å². The van der Waals surface area contributed by atoms with E-state index in [0.717, 1.165) is 40.9 Å². The standard InChI is InChI=1S/C16H21N5OS/c1-16(2,6-8-22-3)11-18-14-20-21-10-13(19-15(21)23-14)12-5-4-7-17-9-12/h4-5,7,9-10H,6,8,11H2,1-3H3,(H,18,20). The minimum absolute atomic E-state index is 0.157. The summed E-state index contributed by atoms with van der Waals surface area (Å²) in [6.07, 6.45) is 6.51. The second-order valence-electron chi connectivity index (χ2n) is 6.26. The first-order valence-electron chi connectivity index (χ1n) is 7.57. The van der Waals surface area contributed by atoms with Gasteiger partial charge in [-0.1, -0.05) is 25.2 Å². The molecule has 0 bridgehead atoms. The lowest BCUT2D eigenvalue weighted by Gasteiger charge is -2.24. The van der Waals surface area contributed by atoms with Crippen LogP contribution in [0.5, 0.6) is 0 Å². The number of imidazole rings is 1. The number of methoxy groups -OCH3 is 1. The van der Waals surface area contributed by atoms with Crippen LogP contribution in [-0.4, -0.2) is 39.8 Å². The van der Waals surface area contributed by atoms with Crippen molar-refractivity contribution in [2.75, 3.05) is 25.6 Å². The van der Waals surface area contributed by atoms with Crippen molar-refractivity contribution in [1.29, 1.82) is 0 Å². The van der Waals surface area contributed by atoms with Crippen LogP contribution in [0.15, 0.2) is 30.7 Å². The third-order valence-corrected chi connectivity index (χ3v) is 4.58. The Morgan fingerprint density at radius 2 is 2.26 bits per heavy atom. The van der Waals surface area contributed by atoms with Crippen molar-refractivity contribution < 1.29 is 4.74 Å². The average Bonchev–Trinajstić information content (AvgIpc) is 3.10. The van der Waals surface area contributed by atoms with Crippen molar-refractivity contribution >= 4 is 21.4 Å². The molecule has 0 amide bonds. The van der Waals surface area contributed by atoms with Crippen molar-refractivity contribution in [3.05, 3.63) is 30.7 Å². The van der Waals surface area contributed by atoms with E-state index in [1.165, 1.54) is 0 Å². The monoisotopic (exact) mass is 331 g/mol. The Labute approximate surface area is 139 Å². The Bertz CT molecular complexity index is 734. The van der Waals surface area contributed by atoms with Crippen molar-refractivity contribution in [3.63, 3.8) is 0 Å². The lowest BCUT2D eigenvalue weighted by Crippen LogP contribution is -2.24. The molecule has 122 valence electrons. The summed E-state index contributed by atoms with van der Waals surface area (Å²) in [6.45, 7) is 6.06. The summed E-state index contributed by atoms with van der Waals surface area (Å²) in [4.78, 5) is 9.62. The van der Waals surface area contributed by atoms with Crippen LogP contribution < -0.4 is 5.32 Å². The maximum Gasteiger partial charge on any atom is 0.214 e. The van der Waals surface area contributed by atoms with Crippen LogP contribution in [0.3, 0.4) is 0 Å². The Morgan fingerprint density at radius 3 is 2.96 bits per heavy atom. The van der Waals surface area contributed by atoms with Gasteiger partial charge in [-0.25, -0.2) is 9.50 Å². The summed E-state index contributed by atoms with van der Waals surface area (Å²) in [5, 5.41) is 8.84. The van der Waals surface area contributed by atoms with Gasteiger partial charge < -0.3 is 10.1 Å². The molecule has 0 radical (unpaired) electrons. The third-order valence-electron chi connectivity index (χ3n) is 3.70. The molecule has 0 aliphatic carbocycles. The summed E-state index contributed by atoms with van der Waals surface area (Å²) in [5.74, 6) is 0. The van der Waals surface area contributed by atoms with Gasteiger partial charge in [-0.2, -0.15) is 0 Å². The Morgan fingerprint density at radius 1 is 1.39 bits per heavy atom. The number of pyridine rings is 1. The third kappa shape index (κ3) is 3.86. The van der Waals surface area contributed by atoms with Crippen LogP contribution >= 0.6 is 11.3 Å². The van der Waals surface area contributed by atoms with Crippen LogP contribution in [0, 0.1) is 5.41 Å². The Hall–Kier alpha value is -1.99. The van der Waals surface area contributed by atoms with Crippen molar-refractivity contribution in [1.82, 2.24) is 19.6 Å². The maximum absolute atomic E-state index is 5.16. The molecule has 0 unspecified atom stereocenters. The van der Waals surface area contributed by atoms with Crippen LogP contribution in [-0.2, 0) is 4.74 Å². The molecule has 1 N–H and O–H groups in total. The summed E-state index contributed by atoms with van der Waals surface area (Å²) in [6, 6.07) is 3.90. The minimum Gasteiger partial charge on any atom is -0.385 e. The second-order valence-corrected chi connectivity index (χ2v) is 7.22. The molecule has 0 aromatic carbocycles. The Kier molecular flexibility index (Phi) is 4.58. The van der Waals surface area contributed by atoms with E-state index in [1.54, 1.807) is 24.6 Å². The molecule has 23 heavy (non-hydrogen) atoms. The molecule has 7 heteroatoms. The summed E-state index contributed by atoms with van der Waals surface area (Å²) in [7, 11) is 1.74. The number of ether oxygens (including phenoxy) is 1. The molecule has 0 saturated heterocycles. The van der Waals surface area contributed by atoms with Crippen LogP contribution in [0.1, 0.15) is 20.3 Å². The van der Waals surface area contributed by atoms with Gasteiger partial charge in [0.25, 0.3) is 0 Å². The number of nitrogens with zero attached hydrogens (tertiary/aromatic N) is 4. The highest BCUT2D eigenvalue weighted by atomic mass is 32.1. The van der Waals surface area contributed by atoms with Gasteiger partial charge in [-0.3, -0.25) is 4.98 Å². The number of hydrogen-bond donors (Lipinski definition) is 1. The number of hydrogen-bond acceptors (Lipinski definition) is 6. The van der Waals surface area contributed by atoms with Crippen molar-refractivity contribution in [2.45, 2.75) is 20.3 Å². The zero-order valence-corrected chi connectivity index (χ0v) is 14.4. The van der Waals surface area contributed by atoms with Gasteiger partial charge in [0.05, 0.1) is 11.9 Å². The van der Waals surface area contributed by atoms with E-state index in [-0.39, 0.29) is 5.41 Å². The molecule has 0 saturated carbocycles. The molecular weight excluding hydrogens is 310 g/mol. The first-order valence-corrected chi connectivity index (χ1v) is 8.38. The molecular formula is C16H21N5OS. The van der Waals surface area contributed by atoms with Gasteiger partial charge >= 0.3 is 0 Å². The first kappa shape index (κ1) is 15.9. The average molecular weight is 331 g/mol. The van der Waals surface area contributed by atoms with Crippen molar-refractivity contribution in [3.8, 4) is 11.3 Å². The highest BCUT2D eigenvalue weighted by Gasteiger charge is 2.18. The summed E-state index contributed by atoms with van der Waals surface area (Å²) in [5.41, 5.74) is 2.05. The zero-order valence-electron chi connectivity index (χ0n) is 13.6. The van der Waals surface area contributed by atoms with E-state index < -0.39 is 0 Å². The van der Waals surface area contributed by atoms with Gasteiger partial charge in [0.1, 0.15) is 0 Å². The normalized spacial score (nSPS) is 12.0. The predicted molar refractivity (Wildman–Crippen MR) is 92.9 cm³/mol. The molecule has 0 aliphatic rings. The predicted octanol–water partition coefficient (Wildman–Crippen LogP) is 3.33. The van der Waals surface area contributed by atoms with Crippen LogP contribution in [0.25, 0.3) is 16.2 Å². The summed E-state index contributed by atoms with van der Waals surface area (Å²) < 4.78 is 6.98. The van der Waals surface area contributed by atoms with Crippen molar-refractivity contribution in [2.24, 2.45) is 5.41 Å². The van der Waals surface area contributed by atoms with E-state index in [4.69, 9.17) is 4.74 Å². The van der Waals surface area contributed by atoms with E-state index in [1.807, 2.05) is 29.0 Å². The quantitative estimate of drug-likeness (QED) is 0.719. The molecule has 0 fully saturated rings. The molecule has 6 nitrogen and oxygen atoms in total. The fourth-order valence-electron chi connectivity index (χ4n) is 2.21. The van der Waals surface area contributed by atoms with Gasteiger partial charge in [-0.05, 0) is 24.0 Å². The minimum atomic E-state index is 0.157. The smallest absolute Gasteiger partial charge is 0.214 e. The van der Waals surface area contributed by atoms with Gasteiger partial charge in [0.15, 0.2) is 0 Å². The number of nitrogens with one attached hydrogen (secondary N) is 1. The lowest BCUT2D eigenvalue weighted by atomic mass is 9.90. The SMILES string of the molecule is COCCC(C)(C)CNc1nn2cc(-c3cccnc3)nc2s1. The highest BCUT2D eigenvalue weighted by Crippen LogP contribution is 2.26. The molecule has 3 rings (SSSR count). The molecule has 3 heterocycles. The van der Waals surface area contributed by atoms with Crippen LogP contribution in [0.2, 0.25) is 0 Å². The van der Waals surface area contributed by atoms with E-state index in [0.29, 0.717) is 0 Å². The fourth-order valence-corrected chi connectivity index (χ4v) is 2.98. The molecule has 0 spiro atoms. The van der Waals surface area contributed by atoms with Crippen LogP contribution in [0.4, 0.5) is 5.13 Å². The second kappa shape index (κ2) is 6.64. The number of anilines is 1. The largest absolute Gasteiger partial charge is 0.385 e. The number of aromatic nitrogens is 4. The molecule has 0 aliphatic heterocycles. The topological polar surface area (TPSA) is 64.3 Å². The highest BCUT2D eigenvalue weighted by molar-refractivity contribution is 7.20. The fraction of sp³-hybridized carbons (Fsp3) is 0.438. The maximum atomic E-state index is 5.16. The van der Waals surface area contributed by atoms with E-state index in [2.05, 4.69) is 34.2 Å². The van der Waals surface area contributed by atoms with E-state index in [9.17, 15) is 0 Å². The van der Waals surface area contributed by atoms with Gasteiger partial charge in [-0.15, -0.1) is 5.10 Å². The lowest BCUT2D eigenvalue weighted by molar-refractivity contribution is 0.157. The number of fused-ring (bicyclic) bond motifs is 1.